The molecular formula is C14H19N5. The molecule has 0 bridgehead atoms. The zero-order valence-corrected chi connectivity index (χ0v) is 10.9. The van der Waals surface area contributed by atoms with Crippen molar-refractivity contribution < 1.29 is 0 Å². The van der Waals surface area contributed by atoms with Gasteiger partial charge in [-0.3, -0.25) is 0 Å². The second-order valence-electron chi connectivity index (χ2n) is 4.88. The van der Waals surface area contributed by atoms with E-state index in [0.717, 1.165) is 24.6 Å². The Labute approximate surface area is 113 Å². The molecule has 0 spiro atoms. The van der Waals surface area contributed by atoms with Crippen molar-refractivity contribution in [3.63, 3.8) is 0 Å². The molecule has 1 aliphatic rings. The Hall–Kier alpha value is -1.88. The minimum atomic E-state index is 0.583. The molecule has 19 heavy (non-hydrogen) atoms. The fourth-order valence-electron chi connectivity index (χ4n) is 2.37. The number of nitrogens with zero attached hydrogens (tertiary/aromatic N) is 3. The Kier molecular flexibility index (Phi) is 3.74. The van der Waals surface area contributed by atoms with Gasteiger partial charge in [0.25, 0.3) is 0 Å². The number of hydrogen-bond donors (Lipinski definition) is 2. The summed E-state index contributed by atoms with van der Waals surface area (Å²) in [4.78, 5) is 4.40. The third-order valence-corrected chi connectivity index (χ3v) is 3.45. The van der Waals surface area contributed by atoms with Gasteiger partial charge in [-0.05, 0) is 37.6 Å². The van der Waals surface area contributed by atoms with Crippen LogP contribution in [0, 0.1) is 0 Å². The Balaban J connectivity index is 1.57. The van der Waals surface area contributed by atoms with Gasteiger partial charge in [-0.2, -0.15) is 5.10 Å². The summed E-state index contributed by atoms with van der Waals surface area (Å²) in [6.07, 6.45) is 9.39. The van der Waals surface area contributed by atoms with Crippen molar-refractivity contribution in [3.8, 4) is 5.82 Å². The molecule has 2 aromatic rings. The summed E-state index contributed by atoms with van der Waals surface area (Å²) in [6.45, 7) is 2.10. The fourth-order valence-corrected chi connectivity index (χ4v) is 2.37. The molecule has 1 fully saturated rings. The van der Waals surface area contributed by atoms with E-state index in [9.17, 15) is 0 Å². The van der Waals surface area contributed by atoms with Crippen molar-refractivity contribution >= 4 is 5.69 Å². The average molecular weight is 257 g/mol. The molecule has 3 heterocycles. The van der Waals surface area contributed by atoms with E-state index >= 15 is 0 Å². The molecule has 1 aliphatic heterocycles. The van der Waals surface area contributed by atoms with E-state index in [-0.39, 0.29) is 0 Å². The molecule has 0 radical (unpaired) electrons. The van der Waals surface area contributed by atoms with E-state index in [1.807, 2.05) is 30.6 Å². The van der Waals surface area contributed by atoms with Gasteiger partial charge in [0.05, 0.1) is 11.9 Å². The average Bonchev–Trinajstić information content (AvgIpc) is 3.01. The van der Waals surface area contributed by atoms with Gasteiger partial charge in [0.2, 0.25) is 0 Å². The number of pyridine rings is 1. The van der Waals surface area contributed by atoms with Crippen LogP contribution in [0.15, 0.2) is 36.8 Å². The lowest BCUT2D eigenvalue weighted by atomic mass is 10.1. The molecule has 0 aliphatic carbocycles. The molecule has 3 rings (SSSR count). The van der Waals surface area contributed by atoms with Crippen LogP contribution in [-0.2, 0) is 0 Å². The number of hydrogen-bond acceptors (Lipinski definition) is 4. The van der Waals surface area contributed by atoms with Crippen molar-refractivity contribution in [2.75, 3.05) is 18.4 Å². The van der Waals surface area contributed by atoms with E-state index in [1.165, 1.54) is 19.3 Å². The highest BCUT2D eigenvalue weighted by Crippen LogP contribution is 2.11. The number of aromatic nitrogens is 3. The van der Waals surface area contributed by atoms with E-state index in [1.54, 1.807) is 10.9 Å². The van der Waals surface area contributed by atoms with Crippen LogP contribution in [-0.4, -0.2) is 33.9 Å². The smallest absolute Gasteiger partial charge is 0.153 e. The summed E-state index contributed by atoms with van der Waals surface area (Å²) in [7, 11) is 0. The maximum absolute atomic E-state index is 4.40. The number of nitrogens with one attached hydrogen (secondary N) is 2. The van der Waals surface area contributed by atoms with Crippen LogP contribution in [0.5, 0.6) is 0 Å². The summed E-state index contributed by atoms with van der Waals surface area (Å²) in [5, 5.41) is 11.1. The zero-order valence-electron chi connectivity index (χ0n) is 10.9. The molecule has 0 saturated carbocycles. The van der Waals surface area contributed by atoms with Gasteiger partial charge in [-0.15, -0.1) is 0 Å². The number of piperidine rings is 1. The molecule has 2 N–H and O–H groups in total. The molecular weight excluding hydrogens is 238 g/mol. The first kappa shape index (κ1) is 12.2. The topological polar surface area (TPSA) is 54.8 Å². The maximum Gasteiger partial charge on any atom is 0.153 e. The van der Waals surface area contributed by atoms with Crippen LogP contribution >= 0.6 is 0 Å². The first-order valence-electron chi connectivity index (χ1n) is 6.85. The van der Waals surface area contributed by atoms with Gasteiger partial charge in [0.1, 0.15) is 0 Å². The van der Waals surface area contributed by atoms with Crippen molar-refractivity contribution in [1.82, 2.24) is 20.1 Å². The number of anilines is 1. The predicted octanol–water partition coefficient (Wildman–Crippen LogP) is 1.82. The second kappa shape index (κ2) is 5.84. The fraction of sp³-hybridized carbons (Fsp3) is 0.429. The molecule has 1 unspecified atom stereocenters. The largest absolute Gasteiger partial charge is 0.382 e. The minimum Gasteiger partial charge on any atom is -0.382 e. The molecule has 2 aromatic heterocycles. The summed E-state index contributed by atoms with van der Waals surface area (Å²) >= 11 is 0. The quantitative estimate of drug-likeness (QED) is 0.877. The van der Waals surface area contributed by atoms with Crippen LogP contribution in [0.2, 0.25) is 0 Å². The lowest BCUT2D eigenvalue weighted by Gasteiger charge is -2.24. The van der Waals surface area contributed by atoms with Crippen molar-refractivity contribution in [2.24, 2.45) is 0 Å². The van der Waals surface area contributed by atoms with Crippen molar-refractivity contribution in [1.29, 1.82) is 0 Å². The van der Waals surface area contributed by atoms with E-state index in [4.69, 9.17) is 0 Å². The highest BCUT2D eigenvalue weighted by molar-refractivity contribution is 5.43. The first-order valence-corrected chi connectivity index (χ1v) is 6.85. The van der Waals surface area contributed by atoms with Gasteiger partial charge < -0.3 is 10.6 Å². The highest BCUT2D eigenvalue weighted by Gasteiger charge is 2.11. The van der Waals surface area contributed by atoms with Gasteiger partial charge in [0.15, 0.2) is 5.82 Å². The Morgan fingerprint density at radius 3 is 3.05 bits per heavy atom. The SMILES string of the molecule is c1cnn(-c2ccc(NCC3CCCCN3)cn2)c1. The van der Waals surface area contributed by atoms with Gasteiger partial charge in [0, 0.05) is 25.0 Å². The van der Waals surface area contributed by atoms with E-state index in [2.05, 4.69) is 20.7 Å². The molecule has 100 valence electrons. The van der Waals surface area contributed by atoms with Crippen LogP contribution in [0.3, 0.4) is 0 Å². The molecule has 1 saturated heterocycles. The lowest BCUT2D eigenvalue weighted by Crippen LogP contribution is -2.39. The third-order valence-electron chi connectivity index (χ3n) is 3.45. The van der Waals surface area contributed by atoms with Gasteiger partial charge in [-0.1, -0.05) is 6.42 Å². The van der Waals surface area contributed by atoms with Gasteiger partial charge in [-0.25, -0.2) is 9.67 Å². The molecule has 1 atom stereocenters. The standard InChI is InChI=1S/C14H19N5/c1-2-7-15-12(4-1)10-16-13-5-6-14(17-11-13)19-9-3-8-18-19/h3,5-6,8-9,11-12,15-16H,1-2,4,7,10H2. The number of rotatable bonds is 4. The van der Waals surface area contributed by atoms with Crippen LogP contribution in [0.1, 0.15) is 19.3 Å². The third kappa shape index (κ3) is 3.12. The minimum absolute atomic E-state index is 0.583. The molecule has 5 heteroatoms. The van der Waals surface area contributed by atoms with E-state index in [0.29, 0.717) is 6.04 Å². The zero-order chi connectivity index (χ0) is 12.9. The Morgan fingerprint density at radius 2 is 2.37 bits per heavy atom. The van der Waals surface area contributed by atoms with E-state index < -0.39 is 0 Å². The van der Waals surface area contributed by atoms with Crippen LogP contribution in [0.25, 0.3) is 5.82 Å². The monoisotopic (exact) mass is 257 g/mol. The molecule has 0 amide bonds. The Morgan fingerprint density at radius 1 is 1.37 bits per heavy atom. The summed E-state index contributed by atoms with van der Waals surface area (Å²) in [5.41, 5.74) is 1.06. The van der Waals surface area contributed by atoms with Crippen LogP contribution in [0.4, 0.5) is 5.69 Å². The first-order chi connectivity index (χ1) is 9.42. The highest BCUT2D eigenvalue weighted by atomic mass is 15.3. The predicted molar refractivity (Wildman–Crippen MR) is 75.5 cm³/mol. The Bertz CT molecular complexity index is 485. The van der Waals surface area contributed by atoms with Crippen molar-refractivity contribution in [2.45, 2.75) is 25.3 Å². The molecule has 5 nitrogen and oxygen atoms in total. The maximum atomic E-state index is 4.40. The second-order valence-corrected chi connectivity index (χ2v) is 4.88. The van der Waals surface area contributed by atoms with Crippen molar-refractivity contribution in [3.05, 3.63) is 36.8 Å². The lowest BCUT2D eigenvalue weighted by molar-refractivity contribution is 0.414. The normalized spacial score (nSPS) is 19.3. The summed E-state index contributed by atoms with van der Waals surface area (Å²) in [5.74, 6) is 0.839. The van der Waals surface area contributed by atoms with Gasteiger partial charge >= 0.3 is 0 Å². The summed E-state index contributed by atoms with van der Waals surface area (Å²) < 4.78 is 1.76. The van der Waals surface area contributed by atoms with Crippen LogP contribution < -0.4 is 10.6 Å². The molecule has 0 aromatic carbocycles. The summed E-state index contributed by atoms with van der Waals surface area (Å²) in [6, 6.07) is 6.50.